The van der Waals surface area contributed by atoms with Crippen molar-refractivity contribution in [3.8, 4) is 17.2 Å². The van der Waals surface area contributed by atoms with E-state index < -0.39 is 12.8 Å². The van der Waals surface area contributed by atoms with Gasteiger partial charge in [-0.05, 0) is 74.2 Å². The quantitative estimate of drug-likeness (QED) is 0.116. The Morgan fingerprint density at radius 1 is 0.942 bits per heavy atom. The summed E-state index contributed by atoms with van der Waals surface area (Å²) in [5, 5.41) is 3.55. The van der Waals surface area contributed by atoms with E-state index in [2.05, 4.69) is 10.2 Å². The van der Waals surface area contributed by atoms with Gasteiger partial charge in [-0.2, -0.15) is 13.2 Å². The zero-order valence-corrected chi connectivity index (χ0v) is 29.7. The lowest BCUT2D eigenvalue weighted by molar-refractivity contribution is -0.174. The fraction of sp³-hybridized carbons (Fsp3) is 0.474. The minimum atomic E-state index is -4.38. The number of nitrogens with one attached hydrogen (secondary N) is 1. The van der Waals surface area contributed by atoms with Crippen molar-refractivity contribution in [1.29, 1.82) is 0 Å². The van der Waals surface area contributed by atoms with Gasteiger partial charge in [0.05, 0.1) is 39.0 Å². The van der Waals surface area contributed by atoms with E-state index >= 15 is 0 Å². The number of carbonyl (C=O) groups is 1. The highest BCUT2D eigenvalue weighted by Gasteiger charge is 2.42. The van der Waals surface area contributed by atoms with Crippen LogP contribution in [0.25, 0.3) is 11.0 Å². The molecule has 1 N–H and O–H groups in total. The van der Waals surface area contributed by atoms with Crippen molar-refractivity contribution in [3.63, 3.8) is 0 Å². The number of methoxy groups -OCH3 is 3. The van der Waals surface area contributed by atoms with E-state index in [0.29, 0.717) is 41.8 Å². The highest BCUT2D eigenvalue weighted by atomic mass is 19.4. The number of nitrogens with zero attached hydrogens (tertiary/aromatic N) is 4. The van der Waals surface area contributed by atoms with Crippen molar-refractivity contribution in [2.45, 2.75) is 49.9 Å². The summed E-state index contributed by atoms with van der Waals surface area (Å²) in [7, 11) is 4.54. The van der Waals surface area contributed by atoms with Crippen LogP contribution in [-0.4, -0.2) is 105 Å². The Bertz CT molecular complexity index is 1800. The van der Waals surface area contributed by atoms with Gasteiger partial charge in [0.1, 0.15) is 12.4 Å². The molecule has 0 spiro atoms. The molecule has 1 aromatic heterocycles. The Morgan fingerprint density at radius 2 is 1.63 bits per heavy atom. The molecular formula is C38H45F4N5O5. The number of fused-ring (bicyclic) bond motifs is 1. The van der Waals surface area contributed by atoms with E-state index in [0.717, 1.165) is 61.9 Å². The maximum absolute atomic E-state index is 14.0. The second kappa shape index (κ2) is 16.0. The Hall–Kier alpha value is -4.56. The van der Waals surface area contributed by atoms with Gasteiger partial charge in [0.15, 0.2) is 11.5 Å². The zero-order valence-electron chi connectivity index (χ0n) is 29.7. The monoisotopic (exact) mass is 727 g/mol. The molecule has 0 bridgehead atoms. The topological polar surface area (TPSA) is 90.3 Å². The fourth-order valence-electron chi connectivity index (χ4n) is 7.43. The van der Waals surface area contributed by atoms with Crippen LogP contribution in [0.1, 0.15) is 41.6 Å². The number of amides is 1. The summed E-state index contributed by atoms with van der Waals surface area (Å²) >= 11 is 0. The summed E-state index contributed by atoms with van der Waals surface area (Å²) in [6, 6.07) is 17.6. The molecule has 0 aliphatic carbocycles. The van der Waals surface area contributed by atoms with Gasteiger partial charge in [0, 0.05) is 49.7 Å². The number of halogens is 4. The molecule has 280 valence electrons. The first-order valence-electron chi connectivity index (χ1n) is 17.5. The minimum absolute atomic E-state index is 0.0890. The standard InChI is InChI=1S/C38H45F4N5O5/c1-49-32-22-26(23-33(50-2)34(32)51-3)35(48)46-19-15-37(24-46,27-8-10-28(39)11-9-27)14-18-45-16-12-29(13-17-45)43-36-44-30-6-4-5-7-31(30)47(36)20-21-52-25-38(40,41)42/h4-11,22-23,29H,12-21,24-25H2,1-3H3,(H,43,44). The van der Waals surface area contributed by atoms with Gasteiger partial charge < -0.3 is 38.6 Å². The predicted octanol–water partition coefficient (Wildman–Crippen LogP) is 6.53. The predicted molar refractivity (Wildman–Crippen MR) is 189 cm³/mol. The first-order valence-corrected chi connectivity index (χ1v) is 17.5. The molecule has 3 heterocycles. The van der Waals surface area contributed by atoms with Crippen LogP contribution in [0.2, 0.25) is 0 Å². The second-order valence-electron chi connectivity index (χ2n) is 13.4. The number of likely N-dealkylation sites (tertiary alicyclic amines) is 2. The Labute approximate surface area is 300 Å². The van der Waals surface area contributed by atoms with Crippen LogP contribution in [0.3, 0.4) is 0 Å². The number of carbonyl (C=O) groups excluding carboxylic acids is 1. The lowest BCUT2D eigenvalue weighted by atomic mass is 9.76. The molecule has 6 rings (SSSR count). The molecule has 1 atom stereocenters. The van der Waals surface area contributed by atoms with Gasteiger partial charge in [0.2, 0.25) is 11.7 Å². The van der Waals surface area contributed by atoms with Crippen molar-refractivity contribution in [1.82, 2.24) is 19.4 Å². The van der Waals surface area contributed by atoms with Gasteiger partial charge in [-0.1, -0.05) is 24.3 Å². The van der Waals surface area contributed by atoms with Crippen molar-refractivity contribution in [2.24, 2.45) is 0 Å². The summed E-state index contributed by atoms with van der Waals surface area (Å²) in [5.41, 5.74) is 2.67. The largest absolute Gasteiger partial charge is 0.493 e. The van der Waals surface area contributed by atoms with Crippen LogP contribution in [0.5, 0.6) is 17.2 Å². The highest BCUT2D eigenvalue weighted by molar-refractivity contribution is 5.96. The molecule has 1 amide bonds. The summed E-state index contributed by atoms with van der Waals surface area (Å²) in [6.07, 6.45) is -1.16. The average molecular weight is 728 g/mol. The lowest BCUT2D eigenvalue weighted by Crippen LogP contribution is -2.42. The van der Waals surface area contributed by atoms with E-state index in [4.69, 9.17) is 23.9 Å². The molecule has 52 heavy (non-hydrogen) atoms. The van der Waals surface area contributed by atoms with Gasteiger partial charge >= 0.3 is 6.18 Å². The number of anilines is 1. The smallest absolute Gasteiger partial charge is 0.411 e. The molecular weight excluding hydrogens is 682 g/mol. The molecule has 2 fully saturated rings. The first kappa shape index (κ1) is 37.2. The maximum atomic E-state index is 14.0. The normalized spacial score (nSPS) is 18.6. The number of rotatable bonds is 14. The van der Waals surface area contributed by atoms with Crippen molar-refractivity contribution in [3.05, 3.63) is 77.6 Å². The average Bonchev–Trinajstić information content (AvgIpc) is 3.74. The molecule has 0 saturated carbocycles. The number of alkyl halides is 3. The van der Waals surface area contributed by atoms with Crippen LogP contribution in [0.15, 0.2) is 60.7 Å². The molecule has 3 aromatic carbocycles. The summed E-state index contributed by atoms with van der Waals surface area (Å²) in [6.45, 7) is 2.35. The SMILES string of the molecule is COc1cc(C(=O)N2CCC(CCN3CCC(Nc4nc5ccccc5n4CCOCC(F)(F)F)CC3)(c3ccc(F)cc3)C2)cc(OC)c1OC. The third kappa shape index (κ3) is 8.39. The molecule has 2 aliphatic rings. The minimum Gasteiger partial charge on any atom is -0.493 e. The number of ether oxygens (including phenoxy) is 4. The molecule has 1 unspecified atom stereocenters. The van der Waals surface area contributed by atoms with E-state index in [9.17, 15) is 22.4 Å². The van der Waals surface area contributed by atoms with E-state index in [1.165, 1.54) is 33.5 Å². The van der Waals surface area contributed by atoms with Crippen LogP contribution in [0, 0.1) is 5.82 Å². The number of hydrogen-bond acceptors (Lipinski definition) is 8. The molecule has 4 aromatic rings. The summed E-state index contributed by atoms with van der Waals surface area (Å²) < 4.78 is 75.1. The maximum Gasteiger partial charge on any atom is 0.411 e. The van der Waals surface area contributed by atoms with Gasteiger partial charge in [-0.25, -0.2) is 9.37 Å². The van der Waals surface area contributed by atoms with Crippen LogP contribution < -0.4 is 19.5 Å². The molecule has 2 aliphatic heterocycles. The number of para-hydroxylation sites is 2. The molecule has 2 saturated heterocycles. The van der Waals surface area contributed by atoms with E-state index in [-0.39, 0.29) is 36.3 Å². The third-order valence-electron chi connectivity index (χ3n) is 10.2. The van der Waals surface area contributed by atoms with Crippen LogP contribution >= 0.6 is 0 Å². The van der Waals surface area contributed by atoms with E-state index in [1.54, 1.807) is 12.1 Å². The summed E-state index contributed by atoms with van der Waals surface area (Å²) in [4.78, 5) is 22.9. The Morgan fingerprint density at radius 3 is 2.29 bits per heavy atom. The molecule has 0 radical (unpaired) electrons. The summed E-state index contributed by atoms with van der Waals surface area (Å²) in [5.74, 6) is 1.38. The first-order chi connectivity index (χ1) is 25.0. The van der Waals surface area contributed by atoms with Gasteiger partial charge in [0.25, 0.3) is 5.91 Å². The zero-order chi connectivity index (χ0) is 36.9. The van der Waals surface area contributed by atoms with E-state index in [1.807, 2.05) is 45.9 Å². The Balaban J connectivity index is 1.10. The highest BCUT2D eigenvalue weighted by Crippen LogP contribution is 2.42. The second-order valence-corrected chi connectivity index (χ2v) is 13.4. The van der Waals surface area contributed by atoms with Crippen molar-refractivity contribution < 1.29 is 41.3 Å². The van der Waals surface area contributed by atoms with Gasteiger partial charge in [-0.15, -0.1) is 0 Å². The number of benzene rings is 3. The van der Waals surface area contributed by atoms with Crippen LogP contribution in [0.4, 0.5) is 23.5 Å². The Kier molecular flexibility index (Phi) is 11.4. The van der Waals surface area contributed by atoms with Crippen molar-refractivity contribution >= 4 is 22.9 Å². The van der Waals surface area contributed by atoms with Gasteiger partial charge in [-0.3, -0.25) is 4.79 Å². The van der Waals surface area contributed by atoms with Crippen molar-refractivity contribution in [2.75, 3.05) is 72.6 Å². The number of hydrogen-bond donors (Lipinski definition) is 1. The number of imidazole rings is 1. The fourth-order valence-corrected chi connectivity index (χ4v) is 7.43. The molecule has 10 nitrogen and oxygen atoms in total. The number of piperidine rings is 1. The number of aromatic nitrogens is 2. The van der Waals surface area contributed by atoms with Crippen LogP contribution in [-0.2, 0) is 16.7 Å². The molecule has 14 heteroatoms. The third-order valence-corrected chi connectivity index (χ3v) is 10.2. The lowest BCUT2D eigenvalue weighted by Gasteiger charge is -2.36.